The van der Waals surface area contributed by atoms with Gasteiger partial charge in [-0.2, -0.15) is 5.10 Å². The van der Waals surface area contributed by atoms with Crippen molar-refractivity contribution >= 4 is 5.69 Å². The number of rotatable bonds is 4. The molecular weight excluding hydrogens is 238 g/mol. The van der Waals surface area contributed by atoms with Gasteiger partial charge in [0.15, 0.2) is 0 Å². The van der Waals surface area contributed by atoms with E-state index in [9.17, 15) is 0 Å². The van der Waals surface area contributed by atoms with Gasteiger partial charge in [-0.1, -0.05) is 13.0 Å². The summed E-state index contributed by atoms with van der Waals surface area (Å²) in [5, 5.41) is 4.54. The van der Waals surface area contributed by atoms with Crippen LogP contribution >= 0.6 is 0 Å². The molecule has 1 aromatic carbocycles. The van der Waals surface area contributed by atoms with E-state index in [-0.39, 0.29) is 0 Å². The maximum absolute atomic E-state index is 6.20. The summed E-state index contributed by atoms with van der Waals surface area (Å²) >= 11 is 0. The summed E-state index contributed by atoms with van der Waals surface area (Å²) in [7, 11) is 0. The molecule has 0 atom stereocenters. The lowest BCUT2D eigenvalue weighted by Crippen LogP contribution is -2.06. The van der Waals surface area contributed by atoms with Gasteiger partial charge >= 0.3 is 0 Å². The van der Waals surface area contributed by atoms with Crippen molar-refractivity contribution in [3.8, 4) is 11.4 Å². The number of nitrogen functional groups attached to an aromatic ring is 1. The molecule has 1 aromatic heterocycles. The Morgan fingerprint density at radius 1 is 1.26 bits per heavy atom. The highest BCUT2D eigenvalue weighted by Gasteiger charge is 2.13. The number of benzene rings is 1. The zero-order chi connectivity index (χ0) is 14.0. The zero-order valence-corrected chi connectivity index (χ0v) is 12.0. The maximum Gasteiger partial charge on any atom is 0.144 e. The molecule has 0 amide bonds. The summed E-state index contributed by atoms with van der Waals surface area (Å²) in [5.41, 5.74) is 11.0. The number of nitrogens with zero attached hydrogens (tertiary/aromatic N) is 2. The van der Waals surface area contributed by atoms with Crippen LogP contribution in [-0.2, 0) is 0 Å². The third kappa shape index (κ3) is 2.43. The van der Waals surface area contributed by atoms with Crippen LogP contribution in [0.15, 0.2) is 18.2 Å². The monoisotopic (exact) mass is 259 g/mol. The molecule has 0 bridgehead atoms. The molecule has 1 heterocycles. The van der Waals surface area contributed by atoms with Crippen molar-refractivity contribution in [1.29, 1.82) is 0 Å². The fraction of sp³-hybridized carbons (Fsp3) is 0.400. The van der Waals surface area contributed by atoms with Crippen molar-refractivity contribution in [2.75, 3.05) is 12.3 Å². The largest absolute Gasteiger partial charge is 0.491 e. The zero-order valence-electron chi connectivity index (χ0n) is 12.0. The lowest BCUT2D eigenvalue weighted by Gasteiger charge is -2.13. The summed E-state index contributed by atoms with van der Waals surface area (Å²) in [6.45, 7) is 8.87. The van der Waals surface area contributed by atoms with Crippen molar-refractivity contribution < 1.29 is 4.74 Å². The molecule has 102 valence electrons. The number of aromatic nitrogens is 2. The molecule has 0 saturated carbocycles. The second-order valence-electron chi connectivity index (χ2n) is 4.75. The van der Waals surface area contributed by atoms with Gasteiger partial charge in [-0.05, 0) is 44.9 Å². The number of para-hydroxylation sites is 1. The predicted molar refractivity (Wildman–Crippen MR) is 78.0 cm³/mol. The van der Waals surface area contributed by atoms with E-state index < -0.39 is 0 Å². The molecule has 19 heavy (non-hydrogen) atoms. The molecule has 0 aliphatic rings. The van der Waals surface area contributed by atoms with Crippen LogP contribution in [0, 0.1) is 20.8 Å². The van der Waals surface area contributed by atoms with Gasteiger partial charge in [0, 0.05) is 5.69 Å². The average molecular weight is 259 g/mol. The molecular formula is C15H21N3O. The lowest BCUT2D eigenvalue weighted by molar-refractivity contribution is 0.319. The van der Waals surface area contributed by atoms with E-state index in [1.165, 1.54) is 5.56 Å². The number of hydrogen-bond acceptors (Lipinski definition) is 3. The van der Waals surface area contributed by atoms with E-state index >= 15 is 0 Å². The van der Waals surface area contributed by atoms with Crippen LogP contribution < -0.4 is 10.5 Å². The second kappa shape index (κ2) is 5.34. The van der Waals surface area contributed by atoms with E-state index in [0.29, 0.717) is 12.3 Å². The maximum atomic E-state index is 6.20. The second-order valence-corrected chi connectivity index (χ2v) is 4.75. The Labute approximate surface area is 114 Å². The smallest absolute Gasteiger partial charge is 0.144 e. The normalized spacial score (nSPS) is 10.7. The molecule has 0 radical (unpaired) electrons. The first-order valence-corrected chi connectivity index (χ1v) is 6.60. The summed E-state index contributed by atoms with van der Waals surface area (Å²) in [5.74, 6) is 0.726. The molecule has 0 unspecified atom stereocenters. The van der Waals surface area contributed by atoms with Crippen LogP contribution in [0.1, 0.15) is 30.3 Å². The van der Waals surface area contributed by atoms with Gasteiger partial charge in [0.2, 0.25) is 0 Å². The molecule has 2 rings (SSSR count). The Morgan fingerprint density at radius 3 is 2.58 bits per heavy atom. The van der Waals surface area contributed by atoms with Crippen LogP contribution in [0.25, 0.3) is 5.69 Å². The Morgan fingerprint density at radius 2 is 2.00 bits per heavy atom. The van der Waals surface area contributed by atoms with Crippen LogP contribution in [0.5, 0.6) is 5.75 Å². The van der Waals surface area contributed by atoms with Gasteiger partial charge in [0.05, 0.1) is 18.0 Å². The Bertz CT molecular complexity index is 587. The van der Waals surface area contributed by atoms with Gasteiger partial charge in [-0.25, -0.2) is 4.68 Å². The Hall–Kier alpha value is -1.97. The van der Waals surface area contributed by atoms with Crippen LogP contribution in [-0.4, -0.2) is 16.4 Å². The Balaban J connectivity index is 2.47. The number of hydrogen-bond donors (Lipinski definition) is 1. The van der Waals surface area contributed by atoms with Crippen molar-refractivity contribution in [2.45, 2.75) is 34.1 Å². The third-order valence-corrected chi connectivity index (χ3v) is 3.39. The summed E-state index contributed by atoms with van der Waals surface area (Å²) in [6.07, 6.45) is 0.961. The highest BCUT2D eigenvalue weighted by Crippen LogP contribution is 2.29. The fourth-order valence-corrected chi connectivity index (χ4v) is 2.01. The summed E-state index contributed by atoms with van der Waals surface area (Å²) in [6, 6.07) is 5.81. The van der Waals surface area contributed by atoms with Crippen LogP contribution in [0.2, 0.25) is 0 Å². The van der Waals surface area contributed by atoms with Crippen molar-refractivity contribution in [1.82, 2.24) is 9.78 Å². The minimum atomic E-state index is 0.640. The molecule has 4 nitrogen and oxygen atoms in total. The number of anilines is 1. The molecule has 0 aliphatic heterocycles. The Kier molecular flexibility index (Phi) is 3.79. The summed E-state index contributed by atoms with van der Waals surface area (Å²) in [4.78, 5) is 0. The third-order valence-electron chi connectivity index (χ3n) is 3.39. The van der Waals surface area contributed by atoms with Gasteiger partial charge in [0.25, 0.3) is 0 Å². The van der Waals surface area contributed by atoms with Gasteiger partial charge in [0.1, 0.15) is 11.4 Å². The van der Waals surface area contributed by atoms with E-state index in [4.69, 9.17) is 10.5 Å². The molecule has 0 fully saturated rings. The molecule has 2 aromatic rings. The topological polar surface area (TPSA) is 53.1 Å². The first-order chi connectivity index (χ1) is 9.06. The molecule has 0 saturated heterocycles. The van der Waals surface area contributed by atoms with Crippen LogP contribution in [0.4, 0.5) is 5.69 Å². The standard InChI is InChI=1S/C15H21N3O/c1-5-9-19-14-8-6-7-13(15(14)16)18-12(4)10(2)11(3)17-18/h6-8H,5,9,16H2,1-4H3. The first kappa shape index (κ1) is 13.5. The lowest BCUT2D eigenvalue weighted by atomic mass is 10.2. The minimum absolute atomic E-state index is 0.640. The van der Waals surface area contributed by atoms with E-state index in [1.807, 2.05) is 36.7 Å². The van der Waals surface area contributed by atoms with Crippen molar-refractivity contribution in [3.63, 3.8) is 0 Å². The number of nitrogens with two attached hydrogens (primary N) is 1. The van der Waals surface area contributed by atoms with Crippen LogP contribution in [0.3, 0.4) is 0 Å². The van der Waals surface area contributed by atoms with Gasteiger partial charge in [-0.15, -0.1) is 0 Å². The highest BCUT2D eigenvalue weighted by molar-refractivity contribution is 5.66. The molecule has 4 heteroatoms. The average Bonchev–Trinajstić information content (AvgIpc) is 2.65. The predicted octanol–water partition coefficient (Wildman–Crippen LogP) is 3.17. The fourth-order valence-electron chi connectivity index (χ4n) is 2.01. The van der Waals surface area contributed by atoms with E-state index in [1.54, 1.807) is 0 Å². The molecule has 2 N–H and O–H groups in total. The van der Waals surface area contributed by atoms with Crippen molar-refractivity contribution in [3.05, 3.63) is 35.2 Å². The first-order valence-electron chi connectivity index (χ1n) is 6.60. The van der Waals surface area contributed by atoms with Gasteiger partial charge in [-0.3, -0.25) is 0 Å². The number of aryl methyl sites for hydroxylation is 1. The number of ether oxygens (including phenoxy) is 1. The molecule has 0 aliphatic carbocycles. The van der Waals surface area contributed by atoms with Crippen molar-refractivity contribution in [2.24, 2.45) is 0 Å². The molecule has 0 spiro atoms. The minimum Gasteiger partial charge on any atom is -0.491 e. The quantitative estimate of drug-likeness (QED) is 0.858. The van der Waals surface area contributed by atoms with E-state index in [2.05, 4.69) is 18.9 Å². The van der Waals surface area contributed by atoms with Gasteiger partial charge < -0.3 is 10.5 Å². The highest BCUT2D eigenvalue weighted by atomic mass is 16.5. The SMILES string of the molecule is CCCOc1cccc(-n2nc(C)c(C)c2C)c1N. The van der Waals surface area contributed by atoms with E-state index in [0.717, 1.165) is 29.2 Å². The summed E-state index contributed by atoms with van der Waals surface area (Å²) < 4.78 is 7.55.